The summed E-state index contributed by atoms with van der Waals surface area (Å²) in [4.78, 5) is 56.2. The number of carbonyl (C=O) groups excluding carboxylic acids is 4. The molecule has 1 aromatic carbocycles. The maximum absolute atomic E-state index is 13.9. The lowest BCUT2D eigenvalue weighted by Crippen LogP contribution is -2.60. The Labute approximate surface area is 239 Å². The van der Waals surface area contributed by atoms with Gasteiger partial charge in [0.05, 0.1) is 18.3 Å². The monoisotopic (exact) mass is 557 g/mol. The Morgan fingerprint density at radius 2 is 1.70 bits per heavy atom. The lowest BCUT2D eigenvalue weighted by molar-refractivity contribution is -0.140. The molecular formula is C31H47N3O6. The van der Waals surface area contributed by atoms with Crippen LogP contribution in [0.4, 0.5) is 10.5 Å². The van der Waals surface area contributed by atoms with Gasteiger partial charge in [0, 0.05) is 19.0 Å². The minimum Gasteiger partial charge on any atom is -0.463 e. The Hall–Kier alpha value is -3.36. The number of rotatable bonds is 8. The summed E-state index contributed by atoms with van der Waals surface area (Å²) < 4.78 is 10.7. The molecule has 2 rings (SSSR count). The number of nitrogens with one attached hydrogen (secondary N) is 1. The normalized spacial score (nSPS) is 17.1. The van der Waals surface area contributed by atoms with Gasteiger partial charge in [0.25, 0.3) is 0 Å². The maximum Gasteiger partial charge on any atom is 0.415 e. The fourth-order valence-corrected chi connectivity index (χ4v) is 4.69. The van der Waals surface area contributed by atoms with Crippen LogP contribution in [0.15, 0.2) is 35.9 Å². The summed E-state index contributed by atoms with van der Waals surface area (Å²) in [6.07, 6.45) is 1.42. The third kappa shape index (κ3) is 8.08. The van der Waals surface area contributed by atoms with Crippen molar-refractivity contribution in [2.45, 2.75) is 99.4 Å². The summed E-state index contributed by atoms with van der Waals surface area (Å²) in [6, 6.07) is 5.16. The summed E-state index contributed by atoms with van der Waals surface area (Å²) in [5, 5.41) is 2.96. The summed E-state index contributed by atoms with van der Waals surface area (Å²) >= 11 is 0. The summed E-state index contributed by atoms with van der Waals surface area (Å²) in [7, 11) is 1.67. The van der Waals surface area contributed by atoms with Crippen LogP contribution >= 0.6 is 0 Å². The van der Waals surface area contributed by atoms with Crippen LogP contribution in [0.25, 0.3) is 0 Å². The van der Waals surface area contributed by atoms with E-state index in [2.05, 4.69) is 5.32 Å². The highest BCUT2D eigenvalue weighted by atomic mass is 16.6. The lowest BCUT2D eigenvalue weighted by atomic mass is 9.84. The van der Waals surface area contributed by atoms with Crippen molar-refractivity contribution in [1.82, 2.24) is 10.2 Å². The van der Waals surface area contributed by atoms with E-state index in [0.717, 1.165) is 5.56 Å². The molecule has 1 aliphatic rings. The number of ether oxygens (including phenoxy) is 2. The summed E-state index contributed by atoms with van der Waals surface area (Å²) in [5.41, 5.74) is 0.484. The number of hydrogen-bond donors (Lipinski definition) is 1. The molecule has 0 aliphatic carbocycles. The predicted molar refractivity (Wildman–Crippen MR) is 156 cm³/mol. The molecule has 9 nitrogen and oxygen atoms in total. The van der Waals surface area contributed by atoms with E-state index < -0.39 is 47.1 Å². The van der Waals surface area contributed by atoms with Crippen LogP contribution < -0.4 is 10.2 Å². The lowest BCUT2D eigenvalue weighted by Gasteiger charge is -2.38. The van der Waals surface area contributed by atoms with Crippen LogP contribution in [0, 0.1) is 11.3 Å². The first-order valence-electron chi connectivity index (χ1n) is 13.9. The van der Waals surface area contributed by atoms with Crippen LogP contribution in [0.3, 0.4) is 0 Å². The van der Waals surface area contributed by atoms with E-state index >= 15 is 0 Å². The topological polar surface area (TPSA) is 105 Å². The van der Waals surface area contributed by atoms with E-state index in [1.165, 1.54) is 4.90 Å². The number of para-hydroxylation sites is 1. The fourth-order valence-electron chi connectivity index (χ4n) is 4.69. The molecule has 1 aromatic rings. The van der Waals surface area contributed by atoms with Crippen LogP contribution in [0.1, 0.15) is 74.8 Å². The van der Waals surface area contributed by atoms with Gasteiger partial charge in [0.2, 0.25) is 11.8 Å². The zero-order valence-electron chi connectivity index (χ0n) is 26.0. The number of nitrogens with zero attached hydrogens (tertiary/aromatic N) is 2. The molecule has 1 aliphatic heterocycles. The number of amides is 3. The van der Waals surface area contributed by atoms with E-state index in [-0.39, 0.29) is 18.4 Å². The van der Waals surface area contributed by atoms with E-state index in [0.29, 0.717) is 17.7 Å². The van der Waals surface area contributed by atoms with Crippen molar-refractivity contribution in [3.05, 3.63) is 41.5 Å². The second-order valence-electron chi connectivity index (χ2n) is 12.8. The van der Waals surface area contributed by atoms with Gasteiger partial charge in [-0.15, -0.1) is 0 Å². The van der Waals surface area contributed by atoms with Crippen molar-refractivity contribution in [3.8, 4) is 0 Å². The molecule has 3 amide bonds. The molecular weight excluding hydrogens is 510 g/mol. The molecule has 0 fully saturated rings. The van der Waals surface area contributed by atoms with Gasteiger partial charge in [-0.3, -0.25) is 14.5 Å². The largest absolute Gasteiger partial charge is 0.463 e. The van der Waals surface area contributed by atoms with Crippen molar-refractivity contribution in [1.29, 1.82) is 0 Å². The number of carbonyl (C=O) groups is 4. The number of anilines is 1. The predicted octanol–water partition coefficient (Wildman–Crippen LogP) is 4.88. The van der Waals surface area contributed by atoms with Gasteiger partial charge >= 0.3 is 12.1 Å². The third-order valence-corrected chi connectivity index (χ3v) is 6.76. The van der Waals surface area contributed by atoms with Gasteiger partial charge in [-0.2, -0.15) is 0 Å². The molecule has 3 atom stereocenters. The number of fused-ring (bicyclic) bond motifs is 1. The standard InChI is InChI=1S/C31H47N3O6/c1-12-39-28(37)20(4)17-23(19(2)3)33(11)27(36)25(30(5,6)7)32-26(35)24-18-21-15-13-14-16-22(21)34(24)29(38)40-31(8,9)10/h13-17,19,23-25H,12,18H2,1-11H3,(H,32,35)/t23-,24+,25-/m1/s1. The highest BCUT2D eigenvalue weighted by molar-refractivity contribution is 6.02. The van der Waals surface area contributed by atoms with Crippen molar-refractivity contribution < 1.29 is 28.7 Å². The maximum atomic E-state index is 13.9. The number of hydrogen-bond acceptors (Lipinski definition) is 6. The van der Waals surface area contributed by atoms with Crippen LogP contribution in [-0.2, 0) is 30.3 Å². The molecule has 0 bridgehead atoms. The van der Waals surface area contributed by atoms with Crippen LogP contribution in [0.5, 0.6) is 0 Å². The summed E-state index contributed by atoms with van der Waals surface area (Å²) in [5.74, 6) is -1.19. The Morgan fingerprint density at radius 1 is 1.10 bits per heavy atom. The number of esters is 1. The van der Waals surface area contributed by atoms with E-state index in [1.807, 2.05) is 52.8 Å². The third-order valence-electron chi connectivity index (χ3n) is 6.76. The van der Waals surface area contributed by atoms with Gasteiger partial charge in [-0.25, -0.2) is 9.59 Å². The smallest absolute Gasteiger partial charge is 0.415 e. The molecule has 0 saturated carbocycles. The van der Waals surface area contributed by atoms with E-state index in [4.69, 9.17) is 9.47 Å². The molecule has 0 radical (unpaired) electrons. The highest BCUT2D eigenvalue weighted by Crippen LogP contribution is 2.34. The molecule has 222 valence electrons. The van der Waals surface area contributed by atoms with Crippen molar-refractivity contribution in [2.24, 2.45) is 11.3 Å². The van der Waals surface area contributed by atoms with Crippen LogP contribution in [-0.4, -0.2) is 66.2 Å². The Kier molecular flexibility index (Phi) is 10.6. The Bertz CT molecular complexity index is 1130. The van der Waals surface area contributed by atoms with Crippen molar-refractivity contribution >= 4 is 29.6 Å². The number of benzene rings is 1. The van der Waals surface area contributed by atoms with Crippen molar-refractivity contribution in [3.63, 3.8) is 0 Å². The Morgan fingerprint density at radius 3 is 2.23 bits per heavy atom. The quantitative estimate of drug-likeness (QED) is 0.361. The zero-order valence-corrected chi connectivity index (χ0v) is 26.0. The van der Waals surface area contributed by atoms with Gasteiger partial charge in [-0.1, -0.05) is 58.9 Å². The van der Waals surface area contributed by atoms with Gasteiger partial charge < -0.3 is 19.7 Å². The number of likely N-dealkylation sites (N-methyl/N-ethyl adjacent to an activating group) is 1. The van der Waals surface area contributed by atoms with E-state index in [9.17, 15) is 19.2 Å². The molecule has 1 N–H and O–H groups in total. The first-order chi connectivity index (χ1) is 18.4. The zero-order chi connectivity index (χ0) is 30.6. The van der Waals surface area contributed by atoms with Crippen LogP contribution in [0.2, 0.25) is 0 Å². The minimum absolute atomic E-state index is 0.0124. The molecule has 0 spiro atoms. The fraction of sp³-hybridized carbons (Fsp3) is 0.613. The average molecular weight is 558 g/mol. The molecule has 0 saturated heterocycles. The minimum atomic E-state index is -0.897. The van der Waals surface area contributed by atoms with Gasteiger partial charge in [0.15, 0.2) is 0 Å². The first-order valence-corrected chi connectivity index (χ1v) is 13.9. The molecule has 0 unspecified atom stereocenters. The highest BCUT2D eigenvalue weighted by Gasteiger charge is 2.44. The second-order valence-corrected chi connectivity index (χ2v) is 12.8. The summed E-state index contributed by atoms with van der Waals surface area (Å²) in [6.45, 7) is 18.5. The second kappa shape index (κ2) is 12.9. The average Bonchev–Trinajstić information content (AvgIpc) is 3.23. The van der Waals surface area contributed by atoms with Crippen molar-refractivity contribution in [2.75, 3.05) is 18.6 Å². The molecule has 1 heterocycles. The molecule has 40 heavy (non-hydrogen) atoms. The van der Waals surface area contributed by atoms with E-state index in [1.54, 1.807) is 58.7 Å². The molecule has 9 heteroatoms. The van der Waals surface area contributed by atoms with Gasteiger partial charge in [-0.05, 0) is 57.6 Å². The molecule has 0 aromatic heterocycles. The Balaban J connectivity index is 2.38. The SMILES string of the molecule is CCOC(=O)C(C)=C[C@H](C(C)C)N(C)C(=O)[C@@H](NC(=O)[C@@H]1Cc2ccccc2N1C(=O)OC(C)(C)C)C(C)(C)C. The van der Waals surface area contributed by atoms with Gasteiger partial charge in [0.1, 0.15) is 17.7 Å². The first kappa shape index (κ1) is 32.8.